The van der Waals surface area contributed by atoms with E-state index in [-0.39, 0.29) is 5.91 Å². The van der Waals surface area contributed by atoms with Crippen LogP contribution in [-0.4, -0.2) is 10.9 Å². The number of fused-ring (bicyclic) bond motifs is 2. The molecule has 0 bridgehead atoms. The molecule has 0 saturated carbocycles. The molecule has 1 amide bonds. The number of halogens is 2. The molecule has 3 N–H and O–H groups in total. The van der Waals surface area contributed by atoms with Gasteiger partial charge in [0.15, 0.2) is 0 Å². The fraction of sp³-hybridized carbons (Fsp3) is 0.300. The molecule has 0 aliphatic heterocycles. The number of nitrogen functional groups attached to an aromatic ring is 1. The van der Waals surface area contributed by atoms with Crippen LogP contribution in [0.2, 0.25) is 10.0 Å². The maximum atomic E-state index is 12.8. The Morgan fingerprint density at radius 3 is 2.93 bits per heavy atom. The zero-order valence-electron chi connectivity index (χ0n) is 14.8. The van der Waals surface area contributed by atoms with Gasteiger partial charge in [-0.1, -0.05) is 36.5 Å². The monoisotopic (exact) mass is 419 g/mol. The van der Waals surface area contributed by atoms with E-state index in [0.29, 0.717) is 32.2 Å². The number of carbonyl (C=O) groups is 1. The minimum absolute atomic E-state index is 0.288. The Balaban J connectivity index is 1.68. The van der Waals surface area contributed by atoms with E-state index in [0.717, 1.165) is 28.8 Å². The van der Waals surface area contributed by atoms with Crippen molar-refractivity contribution in [2.75, 3.05) is 11.1 Å². The van der Waals surface area contributed by atoms with Gasteiger partial charge in [-0.25, -0.2) is 4.98 Å². The van der Waals surface area contributed by atoms with Gasteiger partial charge in [0.2, 0.25) is 0 Å². The second kappa shape index (κ2) is 7.30. The van der Waals surface area contributed by atoms with Crippen molar-refractivity contribution in [3.05, 3.63) is 50.4 Å². The van der Waals surface area contributed by atoms with Crippen molar-refractivity contribution in [2.24, 2.45) is 5.92 Å². The van der Waals surface area contributed by atoms with Crippen LogP contribution in [0, 0.1) is 5.92 Å². The van der Waals surface area contributed by atoms with E-state index in [2.05, 4.69) is 18.3 Å². The standard InChI is InChI=1S/C20H19Cl2N3OS/c1-2-10-3-5-15-11(7-10)8-13-17(23)18(27-20(13)25-15)19(26)24-16-6-4-12(21)9-14(16)22/h4,6,8-10H,2-3,5,7,23H2,1H3,(H,24,26)/t10-/m1/s1. The van der Waals surface area contributed by atoms with Gasteiger partial charge in [0.05, 0.1) is 16.4 Å². The molecule has 2 heterocycles. The van der Waals surface area contributed by atoms with E-state index in [9.17, 15) is 4.79 Å². The van der Waals surface area contributed by atoms with E-state index in [4.69, 9.17) is 33.9 Å². The normalized spacial score (nSPS) is 16.3. The average molecular weight is 420 g/mol. The molecular formula is C20H19Cl2N3OS. The zero-order valence-corrected chi connectivity index (χ0v) is 17.1. The lowest BCUT2D eigenvalue weighted by Crippen LogP contribution is -2.14. The van der Waals surface area contributed by atoms with Crippen molar-refractivity contribution in [1.29, 1.82) is 0 Å². The number of hydrogen-bond donors (Lipinski definition) is 2. The van der Waals surface area contributed by atoms with Crippen molar-refractivity contribution >= 4 is 62.0 Å². The number of benzene rings is 1. The van der Waals surface area contributed by atoms with Crippen molar-refractivity contribution in [3.8, 4) is 0 Å². The number of pyridine rings is 1. The molecule has 2 aromatic heterocycles. The fourth-order valence-electron chi connectivity index (χ4n) is 3.55. The molecule has 1 atom stereocenters. The number of thiophene rings is 1. The molecule has 27 heavy (non-hydrogen) atoms. The van der Waals surface area contributed by atoms with Gasteiger partial charge in [0, 0.05) is 16.1 Å². The molecule has 4 nitrogen and oxygen atoms in total. The Morgan fingerprint density at radius 1 is 1.37 bits per heavy atom. The van der Waals surface area contributed by atoms with E-state index in [1.807, 2.05) is 0 Å². The van der Waals surface area contributed by atoms with Crippen molar-refractivity contribution in [1.82, 2.24) is 4.98 Å². The second-order valence-electron chi connectivity index (χ2n) is 6.89. The summed E-state index contributed by atoms with van der Waals surface area (Å²) in [6, 6.07) is 7.06. The van der Waals surface area contributed by atoms with E-state index < -0.39 is 0 Å². The summed E-state index contributed by atoms with van der Waals surface area (Å²) in [5, 5.41) is 4.58. The molecule has 4 rings (SSSR count). The maximum absolute atomic E-state index is 12.8. The Morgan fingerprint density at radius 2 is 2.19 bits per heavy atom. The number of carbonyl (C=O) groups excluding carboxylic acids is 1. The number of nitrogens with two attached hydrogens (primary N) is 1. The summed E-state index contributed by atoms with van der Waals surface area (Å²) in [4.78, 5) is 18.8. The van der Waals surface area contributed by atoms with Crippen molar-refractivity contribution in [2.45, 2.75) is 32.6 Å². The summed E-state index contributed by atoms with van der Waals surface area (Å²) < 4.78 is 0. The fourth-order valence-corrected chi connectivity index (χ4v) is 5.00. The number of nitrogens with one attached hydrogen (secondary N) is 1. The lowest BCUT2D eigenvalue weighted by atomic mass is 9.85. The second-order valence-corrected chi connectivity index (χ2v) is 8.73. The van der Waals surface area contributed by atoms with Crippen LogP contribution >= 0.6 is 34.5 Å². The molecule has 0 fully saturated rings. The first-order valence-electron chi connectivity index (χ1n) is 8.93. The zero-order chi connectivity index (χ0) is 19.1. The first-order valence-corrected chi connectivity index (χ1v) is 10.5. The van der Waals surface area contributed by atoms with Gasteiger partial charge in [-0.3, -0.25) is 4.79 Å². The Bertz CT molecular complexity index is 1050. The lowest BCUT2D eigenvalue weighted by Gasteiger charge is -2.22. The van der Waals surface area contributed by atoms with Crippen molar-refractivity contribution < 1.29 is 4.79 Å². The largest absolute Gasteiger partial charge is 0.397 e. The molecule has 1 aromatic carbocycles. The number of aryl methyl sites for hydroxylation is 1. The van der Waals surface area contributed by atoms with Crippen LogP contribution in [0.3, 0.4) is 0 Å². The Kier molecular flexibility index (Phi) is 5.01. The summed E-state index contributed by atoms with van der Waals surface area (Å²) in [5.41, 5.74) is 9.69. The molecule has 0 saturated heterocycles. The highest BCUT2D eigenvalue weighted by atomic mass is 35.5. The number of aromatic nitrogens is 1. The highest BCUT2D eigenvalue weighted by molar-refractivity contribution is 7.21. The predicted molar refractivity (Wildman–Crippen MR) is 114 cm³/mol. The minimum atomic E-state index is -0.288. The quantitative estimate of drug-likeness (QED) is 0.550. The number of hydrogen-bond acceptors (Lipinski definition) is 4. The molecule has 7 heteroatoms. The minimum Gasteiger partial charge on any atom is -0.397 e. The SMILES string of the molecule is CC[C@@H]1CCc2nc3sc(C(=O)Nc4ccc(Cl)cc4Cl)c(N)c3cc2C1. The van der Waals surface area contributed by atoms with Crippen LogP contribution in [0.5, 0.6) is 0 Å². The molecule has 0 unspecified atom stereocenters. The van der Waals surface area contributed by atoms with Crippen molar-refractivity contribution in [3.63, 3.8) is 0 Å². The van der Waals surface area contributed by atoms with Crippen LogP contribution in [0.1, 0.15) is 40.7 Å². The van der Waals surface area contributed by atoms with Gasteiger partial charge in [-0.05, 0) is 55.0 Å². The van der Waals surface area contributed by atoms with Gasteiger partial charge in [0.25, 0.3) is 5.91 Å². The third-order valence-electron chi connectivity index (χ3n) is 5.15. The molecular weight excluding hydrogens is 401 g/mol. The molecule has 0 radical (unpaired) electrons. The highest BCUT2D eigenvalue weighted by Gasteiger charge is 2.23. The topological polar surface area (TPSA) is 68.0 Å². The van der Waals surface area contributed by atoms with E-state index in [1.165, 1.54) is 29.7 Å². The third-order valence-corrected chi connectivity index (χ3v) is 6.81. The smallest absolute Gasteiger partial charge is 0.267 e. The van der Waals surface area contributed by atoms with Gasteiger partial charge >= 0.3 is 0 Å². The van der Waals surface area contributed by atoms with E-state index >= 15 is 0 Å². The molecule has 140 valence electrons. The van der Waals surface area contributed by atoms with Crippen LogP contribution < -0.4 is 11.1 Å². The summed E-state index contributed by atoms with van der Waals surface area (Å²) in [5.74, 6) is 0.413. The third kappa shape index (κ3) is 3.51. The number of nitrogens with zero attached hydrogens (tertiary/aromatic N) is 1. The lowest BCUT2D eigenvalue weighted by molar-refractivity contribution is 0.103. The predicted octanol–water partition coefficient (Wildman–Crippen LogP) is 5.95. The van der Waals surface area contributed by atoms with E-state index in [1.54, 1.807) is 18.2 Å². The van der Waals surface area contributed by atoms with Gasteiger partial charge in [-0.15, -0.1) is 11.3 Å². The maximum Gasteiger partial charge on any atom is 0.267 e. The Hall–Kier alpha value is -1.82. The van der Waals surface area contributed by atoms with Gasteiger partial charge in [0.1, 0.15) is 9.71 Å². The summed E-state index contributed by atoms with van der Waals surface area (Å²) in [7, 11) is 0. The number of amides is 1. The molecule has 1 aliphatic rings. The summed E-state index contributed by atoms with van der Waals surface area (Å²) in [6.45, 7) is 2.23. The molecule has 3 aromatic rings. The number of anilines is 2. The first kappa shape index (κ1) is 18.5. The van der Waals surface area contributed by atoms with Crippen LogP contribution in [0.25, 0.3) is 10.2 Å². The van der Waals surface area contributed by atoms with Gasteiger partial charge < -0.3 is 11.1 Å². The number of rotatable bonds is 3. The summed E-state index contributed by atoms with van der Waals surface area (Å²) >= 11 is 13.4. The van der Waals surface area contributed by atoms with Crippen LogP contribution in [-0.2, 0) is 12.8 Å². The van der Waals surface area contributed by atoms with Gasteiger partial charge in [-0.2, -0.15) is 0 Å². The van der Waals surface area contributed by atoms with Crippen LogP contribution in [0.4, 0.5) is 11.4 Å². The highest BCUT2D eigenvalue weighted by Crippen LogP contribution is 2.37. The first-order chi connectivity index (χ1) is 13.0. The van der Waals surface area contributed by atoms with Crippen LogP contribution in [0.15, 0.2) is 24.3 Å². The Labute approximate surface area is 171 Å². The molecule has 0 spiro atoms. The summed E-state index contributed by atoms with van der Waals surface area (Å²) in [6.07, 6.45) is 4.37. The average Bonchev–Trinajstić information content (AvgIpc) is 2.97. The molecule has 1 aliphatic carbocycles.